The summed E-state index contributed by atoms with van der Waals surface area (Å²) in [7, 11) is 2.23. The fourth-order valence-corrected chi connectivity index (χ4v) is 3.75. The van der Waals surface area contributed by atoms with Gasteiger partial charge in [-0.25, -0.2) is 0 Å². The van der Waals surface area contributed by atoms with E-state index in [1.807, 2.05) is 0 Å². The first-order valence-electron chi connectivity index (χ1n) is 4.94. The molecule has 0 aromatic heterocycles. The number of hydrogen-bond acceptors (Lipinski definition) is 0. The molecule has 1 rings (SSSR count). The van der Waals surface area contributed by atoms with E-state index in [1.54, 1.807) is 0 Å². The van der Waals surface area contributed by atoms with Crippen molar-refractivity contribution in [3.63, 3.8) is 0 Å². The zero-order valence-corrected chi connectivity index (χ0v) is 9.55. The Morgan fingerprint density at radius 2 is 1.91 bits per heavy atom. The highest BCUT2D eigenvalue weighted by atomic mass is 28.1. The van der Waals surface area contributed by atoms with Crippen molar-refractivity contribution in [3.05, 3.63) is 0 Å². The highest BCUT2D eigenvalue weighted by Crippen LogP contribution is 2.39. The van der Waals surface area contributed by atoms with Gasteiger partial charge < -0.3 is 0 Å². The Morgan fingerprint density at radius 3 is 2.36 bits per heavy atom. The van der Waals surface area contributed by atoms with Gasteiger partial charge in [0.05, 0.1) is 0 Å². The molecule has 0 aromatic carbocycles. The second-order valence-electron chi connectivity index (χ2n) is 4.59. The predicted molar refractivity (Wildman–Crippen MR) is 53.6 cm³/mol. The van der Waals surface area contributed by atoms with Crippen LogP contribution >= 0.6 is 0 Å². The molecule has 0 bridgehead atoms. The second kappa shape index (κ2) is 3.75. The lowest BCUT2D eigenvalue weighted by Crippen LogP contribution is -2.23. The molecule has 0 saturated heterocycles. The van der Waals surface area contributed by atoms with Crippen molar-refractivity contribution in [1.29, 1.82) is 0 Å². The van der Waals surface area contributed by atoms with Crippen LogP contribution in [0, 0.1) is 17.8 Å². The third-order valence-corrected chi connectivity index (χ3v) is 4.10. The lowest BCUT2D eigenvalue weighted by molar-refractivity contribution is 0.236. The standard InChI is InChI=1S/C10H21Si/c1-7(2)9-5-4-8(3)6-10(9)11/h7-10H,4-6,11H2,1-3H3. The fraction of sp³-hybridized carbons (Fsp3) is 1.00. The summed E-state index contributed by atoms with van der Waals surface area (Å²) in [6, 6.07) is 0. The Balaban J connectivity index is 2.44. The predicted octanol–water partition coefficient (Wildman–Crippen LogP) is 2.50. The second-order valence-corrected chi connectivity index (χ2v) is 5.63. The van der Waals surface area contributed by atoms with Crippen LogP contribution < -0.4 is 0 Å². The van der Waals surface area contributed by atoms with E-state index in [9.17, 15) is 0 Å². The minimum Gasteiger partial charge on any atom is -0.0625 e. The average molecular weight is 169 g/mol. The molecule has 3 unspecified atom stereocenters. The molecule has 0 aromatic rings. The summed E-state index contributed by atoms with van der Waals surface area (Å²) in [4.78, 5) is 0. The lowest BCUT2D eigenvalue weighted by atomic mass is 9.77. The Morgan fingerprint density at radius 1 is 1.27 bits per heavy atom. The molecule has 11 heavy (non-hydrogen) atoms. The maximum absolute atomic E-state index is 2.40. The number of rotatable bonds is 1. The molecule has 1 heteroatoms. The Labute approximate surface area is 74.2 Å². The van der Waals surface area contributed by atoms with Crippen molar-refractivity contribution >= 4 is 10.2 Å². The first-order chi connectivity index (χ1) is 5.11. The molecule has 0 N–H and O–H groups in total. The molecular formula is C10H21Si. The van der Waals surface area contributed by atoms with Gasteiger partial charge in [-0.1, -0.05) is 39.2 Å². The Bertz CT molecular complexity index is 120. The van der Waals surface area contributed by atoms with E-state index in [0.717, 1.165) is 23.3 Å². The molecule has 3 atom stereocenters. The van der Waals surface area contributed by atoms with Crippen molar-refractivity contribution in [2.24, 2.45) is 17.8 Å². The summed E-state index contributed by atoms with van der Waals surface area (Å²) in [6.45, 7) is 7.15. The molecule has 0 amide bonds. The van der Waals surface area contributed by atoms with Crippen LogP contribution in [0.15, 0.2) is 0 Å². The van der Waals surface area contributed by atoms with Crippen LogP contribution in [0.5, 0.6) is 0 Å². The molecule has 1 saturated carbocycles. The molecule has 0 nitrogen and oxygen atoms in total. The van der Waals surface area contributed by atoms with Crippen molar-refractivity contribution < 1.29 is 0 Å². The Hall–Kier alpha value is 0.217. The quantitative estimate of drug-likeness (QED) is 0.529. The van der Waals surface area contributed by atoms with Crippen molar-refractivity contribution in [2.75, 3.05) is 0 Å². The smallest absolute Gasteiger partial charge is 0.0125 e. The fourth-order valence-electron chi connectivity index (χ4n) is 2.40. The van der Waals surface area contributed by atoms with Gasteiger partial charge in [-0.2, -0.15) is 0 Å². The van der Waals surface area contributed by atoms with Crippen LogP contribution in [0.25, 0.3) is 0 Å². The van der Waals surface area contributed by atoms with Crippen LogP contribution in [0.3, 0.4) is 0 Å². The minimum absolute atomic E-state index is 0.907. The van der Waals surface area contributed by atoms with Crippen LogP contribution in [-0.2, 0) is 0 Å². The SMILES string of the molecule is CC1CCC(C(C)C)C([SiH2])C1. The van der Waals surface area contributed by atoms with Crippen LogP contribution in [0.4, 0.5) is 0 Å². The van der Waals surface area contributed by atoms with E-state index in [0.29, 0.717) is 0 Å². The Kier molecular flexibility index (Phi) is 3.17. The van der Waals surface area contributed by atoms with E-state index in [4.69, 9.17) is 0 Å². The highest BCUT2D eigenvalue weighted by Gasteiger charge is 2.26. The zero-order valence-electron chi connectivity index (χ0n) is 8.14. The topological polar surface area (TPSA) is 0 Å². The van der Waals surface area contributed by atoms with Gasteiger partial charge in [0.25, 0.3) is 0 Å². The van der Waals surface area contributed by atoms with Crippen molar-refractivity contribution in [2.45, 2.75) is 45.6 Å². The van der Waals surface area contributed by atoms with Crippen LogP contribution in [0.1, 0.15) is 40.0 Å². The monoisotopic (exact) mass is 169 g/mol. The van der Waals surface area contributed by atoms with Gasteiger partial charge in [0.15, 0.2) is 0 Å². The van der Waals surface area contributed by atoms with Gasteiger partial charge in [0, 0.05) is 10.2 Å². The highest BCUT2D eigenvalue weighted by molar-refractivity contribution is 6.11. The average Bonchev–Trinajstić information content (AvgIpc) is 1.85. The summed E-state index contributed by atoms with van der Waals surface area (Å²) in [5.74, 6) is 2.92. The lowest BCUT2D eigenvalue weighted by Gasteiger charge is -2.35. The van der Waals surface area contributed by atoms with Crippen LogP contribution in [-0.4, -0.2) is 10.2 Å². The van der Waals surface area contributed by atoms with Gasteiger partial charge in [0.2, 0.25) is 0 Å². The molecular weight excluding hydrogens is 148 g/mol. The summed E-state index contributed by atoms with van der Waals surface area (Å²) in [5, 5.41) is 0. The van der Waals surface area contributed by atoms with Gasteiger partial charge in [-0.3, -0.25) is 0 Å². The van der Waals surface area contributed by atoms with Crippen LogP contribution in [0.2, 0.25) is 5.54 Å². The van der Waals surface area contributed by atoms with Gasteiger partial charge >= 0.3 is 0 Å². The molecule has 1 aliphatic carbocycles. The van der Waals surface area contributed by atoms with Gasteiger partial charge in [-0.15, -0.1) is 0 Å². The van der Waals surface area contributed by atoms with Gasteiger partial charge in [0.1, 0.15) is 0 Å². The third-order valence-electron chi connectivity index (χ3n) is 3.16. The summed E-state index contributed by atoms with van der Waals surface area (Å²) in [5.41, 5.74) is 0.999. The maximum Gasteiger partial charge on any atom is 0.0125 e. The summed E-state index contributed by atoms with van der Waals surface area (Å²) >= 11 is 0. The van der Waals surface area contributed by atoms with E-state index >= 15 is 0 Å². The maximum atomic E-state index is 2.40. The van der Waals surface area contributed by atoms with E-state index < -0.39 is 0 Å². The summed E-state index contributed by atoms with van der Waals surface area (Å²) in [6.07, 6.45) is 4.42. The summed E-state index contributed by atoms with van der Waals surface area (Å²) < 4.78 is 0. The van der Waals surface area contributed by atoms with Crippen molar-refractivity contribution in [1.82, 2.24) is 0 Å². The van der Waals surface area contributed by atoms with E-state index in [2.05, 4.69) is 31.0 Å². The molecule has 0 spiro atoms. The molecule has 1 aliphatic rings. The van der Waals surface area contributed by atoms with E-state index in [-0.39, 0.29) is 0 Å². The van der Waals surface area contributed by atoms with Crippen molar-refractivity contribution in [3.8, 4) is 0 Å². The molecule has 1 radical (unpaired) electrons. The minimum atomic E-state index is 0.907. The largest absolute Gasteiger partial charge is 0.0625 e. The van der Waals surface area contributed by atoms with E-state index in [1.165, 1.54) is 19.3 Å². The number of hydrogen-bond donors (Lipinski definition) is 0. The first-order valence-corrected chi connectivity index (χ1v) is 5.76. The molecule has 1 fully saturated rings. The molecule has 65 valence electrons. The van der Waals surface area contributed by atoms with Gasteiger partial charge in [-0.05, 0) is 24.2 Å². The first kappa shape index (κ1) is 9.31. The molecule has 0 heterocycles. The normalized spacial score (nSPS) is 39.5. The zero-order chi connectivity index (χ0) is 8.43. The molecule has 0 aliphatic heterocycles. The third kappa shape index (κ3) is 2.33.